The van der Waals surface area contributed by atoms with Crippen LogP contribution in [0.1, 0.15) is 26.3 Å². The van der Waals surface area contributed by atoms with Gasteiger partial charge in [-0.15, -0.1) is 0 Å². The van der Waals surface area contributed by atoms with Gasteiger partial charge >= 0.3 is 0 Å². The first kappa shape index (κ1) is 15.1. The van der Waals surface area contributed by atoms with Gasteiger partial charge in [0, 0.05) is 6.04 Å². The Morgan fingerprint density at radius 3 is 2.33 bits per heavy atom. The van der Waals surface area contributed by atoms with Crippen molar-refractivity contribution < 1.29 is 8.42 Å². The van der Waals surface area contributed by atoms with Crippen LogP contribution in [0, 0.1) is 5.41 Å². The lowest BCUT2D eigenvalue weighted by Gasteiger charge is -2.27. The predicted molar refractivity (Wildman–Crippen MR) is 73.8 cm³/mol. The third-order valence-electron chi connectivity index (χ3n) is 3.08. The van der Waals surface area contributed by atoms with Crippen molar-refractivity contribution >= 4 is 10.0 Å². The molecule has 1 rings (SSSR count). The van der Waals surface area contributed by atoms with Gasteiger partial charge in [-0.2, -0.15) is 0 Å². The van der Waals surface area contributed by atoms with Crippen molar-refractivity contribution in [1.29, 1.82) is 0 Å². The highest BCUT2D eigenvalue weighted by atomic mass is 32.2. The molecule has 0 saturated carbocycles. The van der Waals surface area contributed by atoms with Crippen LogP contribution in [0.2, 0.25) is 0 Å². The molecule has 0 aliphatic heterocycles. The van der Waals surface area contributed by atoms with Crippen molar-refractivity contribution in [3.05, 3.63) is 29.8 Å². The standard InChI is InChI=1S/C13H22N2O2S/c1-13(2,3)12(14)9-10-7-5-6-8-11(10)18(16,17)15-4/h5-8,12,15H,9,14H2,1-4H3. The van der Waals surface area contributed by atoms with Crippen LogP contribution >= 0.6 is 0 Å². The van der Waals surface area contributed by atoms with Gasteiger partial charge in [0.15, 0.2) is 0 Å². The summed E-state index contributed by atoms with van der Waals surface area (Å²) in [6.07, 6.45) is 0.542. The maximum Gasteiger partial charge on any atom is 0.240 e. The van der Waals surface area contributed by atoms with Gasteiger partial charge in [0.1, 0.15) is 0 Å². The predicted octanol–water partition coefficient (Wildman–Crippen LogP) is 1.51. The fraction of sp³-hybridized carbons (Fsp3) is 0.538. The second-order valence-electron chi connectivity index (χ2n) is 5.49. The molecule has 0 fully saturated rings. The quantitative estimate of drug-likeness (QED) is 0.871. The average Bonchev–Trinajstić information content (AvgIpc) is 2.28. The highest BCUT2D eigenvalue weighted by Gasteiger charge is 2.24. The van der Waals surface area contributed by atoms with Gasteiger partial charge in [0.25, 0.3) is 0 Å². The van der Waals surface area contributed by atoms with Crippen molar-refractivity contribution in [2.75, 3.05) is 7.05 Å². The van der Waals surface area contributed by atoms with Gasteiger partial charge in [-0.3, -0.25) is 0 Å². The van der Waals surface area contributed by atoms with Gasteiger partial charge in [0.05, 0.1) is 4.90 Å². The smallest absolute Gasteiger partial charge is 0.240 e. The van der Waals surface area contributed by atoms with E-state index in [0.29, 0.717) is 11.3 Å². The molecular formula is C13H22N2O2S. The number of hydrogen-bond acceptors (Lipinski definition) is 3. The first-order valence-electron chi connectivity index (χ1n) is 5.95. The normalized spacial score (nSPS) is 14.5. The molecule has 102 valence electrons. The molecule has 1 aromatic carbocycles. The molecule has 0 aliphatic rings. The summed E-state index contributed by atoms with van der Waals surface area (Å²) in [5.74, 6) is 0. The molecule has 0 amide bonds. The van der Waals surface area contributed by atoms with Gasteiger partial charge in [-0.1, -0.05) is 39.0 Å². The number of rotatable bonds is 4. The molecule has 3 N–H and O–H groups in total. The Bertz CT molecular complexity index is 504. The Hall–Kier alpha value is -0.910. The van der Waals surface area contributed by atoms with E-state index < -0.39 is 10.0 Å². The van der Waals surface area contributed by atoms with E-state index in [1.54, 1.807) is 12.1 Å². The largest absolute Gasteiger partial charge is 0.327 e. The Labute approximate surface area is 110 Å². The number of nitrogens with one attached hydrogen (secondary N) is 1. The van der Waals surface area contributed by atoms with E-state index in [9.17, 15) is 8.42 Å². The SMILES string of the molecule is CNS(=O)(=O)c1ccccc1CC(N)C(C)(C)C. The summed E-state index contributed by atoms with van der Waals surface area (Å²) in [7, 11) is -2.01. The minimum absolute atomic E-state index is 0.0590. The maximum atomic E-state index is 11.9. The van der Waals surface area contributed by atoms with Crippen molar-refractivity contribution in [2.24, 2.45) is 11.1 Å². The van der Waals surface area contributed by atoms with Crippen LogP contribution in [-0.4, -0.2) is 21.5 Å². The molecule has 0 heterocycles. The fourth-order valence-corrected chi connectivity index (χ4v) is 2.56. The van der Waals surface area contributed by atoms with Crippen LogP contribution in [-0.2, 0) is 16.4 Å². The topological polar surface area (TPSA) is 72.2 Å². The van der Waals surface area contributed by atoms with Crippen LogP contribution in [0.15, 0.2) is 29.2 Å². The molecule has 0 saturated heterocycles. The second-order valence-corrected chi connectivity index (χ2v) is 7.35. The van der Waals surface area contributed by atoms with Crippen molar-refractivity contribution in [3.63, 3.8) is 0 Å². The number of hydrogen-bond donors (Lipinski definition) is 2. The number of nitrogens with two attached hydrogens (primary N) is 1. The summed E-state index contributed by atoms with van der Waals surface area (Å²) < 4.78 is 26.1. The Balaban J connectivity index is 3.12. The van der Waals surface area contributed by atoms with Crippen molar-refractivity contribution in [1.82, 2.24) is 4.72 Å². The summed E-state index contributed by atoms with van der Waals surface area (Å²) in [6.45, 7) is 6.15. The monoisotopic (exact) mass is 270 g/mol. The van der Waals surface area contributed by atoms with Crippen LogP contribution < -0.4 is 10.5 Å². The molecule has 0 radical (unpaired) electrons. The van der Waals surface area contributed by atoms with Crippen LogP contribution in [0.4, 0.5) is 0 Å². The van der Waals surface area contributed by atoms with Gasteiger partial charge in [0.2, 0.25) is 10.0 Å². The van der Waals surface area contributed by atoms with E-state index in [1.165, 1.54) is 7.05 Å². The van der Waals surface area contributed by atoms with E-state index in [0.717, 1.165) is 5.56 Å². The van der Waals surface area contributed by atoms with E-state index in [-0.39, 0.29) is 11.5 Å². The number of sulfonamides is 1. The van der Waals surface area contributed by atoms with Gasteiger partial charge in [-0.05, 0) is 30.5 Å². The highest BCUT2D eigenvalue weighted by molar-refractivity contribution is 7.89. The summed E-state index contributed by atoms with van der Waals surface area (Å²) in [5, 5.41) is 0. The van der Waals surface area contributed by atoms with Crippen LogP contribution in [0.3, 0.4) is 0 Å². The molecule has 5 heteroatoms. The highest BCUT2D eigenvalue weighted by Crippen LogP contribution is 2.23. The zero-order valence-corrected chi connectivity index (χ0v) is 12.2. The third-order valence-corrected chi connectivity index (χ3v) is 4.60. The van der Waals surface area contributed by atoms with Gasteiger partial charge in [-0.25, -0.2) is 13.1 Å². The molecule has 1 unspecified atom stereocenters. The van der Waals surface area contributed by atoms with Crippen LogP contribution in [0.5, 0.6) is 0 Å². The number of benzene rings is 1. The first-order chi connectivity index (χ1) is 8.18. The molecule has 1 aromatic rings. The zero-order chi connectivity index (χ0) is 14.0. The zero-order valence-electron chi connectivity index (χ0n) is 11.4. The summed E-state index contributed by atoms with van der Waals surface area (Å²) in [4.78, 5) is 0.312. The van der Waals surface area contributed by atoms with E-state index in [4.69, 9.17) is 5.73 Å². The Kier molecular flexibility index (Phi) is 4.53. The summed E-state index contributed by atoms with van der Waals surface area (Å²) >= 11 is 0. The second kappa shape index (κ2) is 5.38. The van der Waals surface area contributed by atoms with E-state index in [2.05, 4.69) is 4.72 Å². The molecular weight excluding hydrogens is 248 g/mol. The lowest BCUT2D eigenvalue weighted by Crippen LogP contribution is -2.37. The molecule has 0 aliphatic carbocycles. The van der Waals surface area contributed by atoms with Crippen molar-refractivity contribution in [3.8, 4) is 0 Å². The Morgan fingerprint density at radius 2 is 1.83 bits per heavy atom. The van der Waals surface area contributed by atoms with Gasteiger partial charge < -0.3 is 5.73 Å². The minimum Gasteiger partial charge on any atom is -0.327 e. The fourth-order valence-electron chi connectivity index (χ4n) is 1.59. The lowest BCUT2D eigenvalue weighted by atomic mass is 9.84. The van der Waals surface area contributed by atoms with Crippen molar-refractivity contribution in [2.45, 2.75) is 38.1 Å². The molecule has 0 bridgehead atoms. The van der Waals surface area contributed by atoms with E-state index in [1.807, 2.05) is 32.9 Å². The maximum absolute atomic E-state index is 11.9. The Morgan fingerprint density at radius 1 is 1.28 bits per heavy atom. The molecule has 18 heavy (non-hydrogen) atoms. The minimum atomic E-state index is -3.43. The third kappa shape index (κ3) is 3.54. The average molecular weight is 270 g/mol. The molecule has 4 nitrogen and oxygen atoms in total. The first-order valence-corrected chi connectivity index (χ1v) is 7.44. The van der Waals surface area contributed by atoms with Crippen LogP contribution in [0.25, 0.3) is 0 Å². The molecule has 0 spiro atoms. The molecule has 0 aromatic heterocycles. The summed E-state index contributed by atoms with van der Waals surface area (Å²) in [5.41, 5.74) is 6.82. The molecule has 1 atom stereocenters. The van der Waals surface area contributed by atoms with E-state index >= 15 is 0 Å². The summed E-state index contributed by atoms with van der Waals surface area (Å²) in [6, 6.07) is 6.88. The lowest BCUT2D eigenvalue weighted by molar-refractivity contribution is 0.317.